The predicted molar refractivity (Wildman–Crippen MR) is 91.9 cm³/mol. The van der Waals surface area contributed by atoms with E-state index in [1.165, 1.54) is 41.5 Å². The minimum absolute atomic E-state index is 0.425. The van der Waals surface area contributed by atoms with Crippen molar-refractivity contribution in [3.63, 3.8) is 0 Å². The van der Waals surface area contributed by atoms with Crippen LogP contribution in [0.5, 0.6) is 0 Å². The Morgan fingerprint density at radius 2 is 1.62 bits per heavy atom. The fraction of sp³-hybridized carbons (Fsp3) is 0.684. The Labute approximate surface area is 130 Å². The highest BCUT2D eigenvalue weighted by atomic mass is 15.2. The van der Waals surface area contributed by atoms with E-state index in [1.807, 2.05) is 0 Å². The summed E-state index contributed by atoms with van der Waals surface area (Å²) in [5.74, 6) is 0. The molecule has 1 fully saturated rings. The number of benzene rings is 1. The van der Waals surface area contributed by atoms with Crippen LogP contribution in [0.4, 0.5) is 0 Å². The van der Waals surface area contributed by atoms with Gasteiger partial charge in [-0.1, -0.05) is 24.1 Å². The van der Waals surface area contributed by atoms with Gasteiger partial charge in [-0.25, -0.2) is 0 Å². The van der Waals surface area contributed by atoms with Gasteiger partial charge in [0.15, 0.2) is 0 Å². The van der Waals surface area contributed by atoms with Crippen LogP contribution in [0.1, 0.15) is 61.4 Å². The summed E-state index contributed by atoms with van der Waals surface area (Å²) in [5.41, 5.74) is 5.70. The maximum absolute atomic E-state index is 3.57. The molecule has 1 saturated heterocycles. The molecule has 1 unspecified atom stereocenters. The molecule has 2 heteroatoms. The van der Waals surface area contributed by atoms with Crippen LogP contribution in [-0.4, -0.2) is 30.6 Å². The Hall–Kier alpha value is -0.860. The second-order valence-electron chi connectivity index (χ2n) is 6.98. The van der Waals surface area contributed by atoms with Gasteiger partial charge >= 0.3 is 0 Å². The van der Waals surface area contributed by atoms with Gasteiger partial charge in [-0.05, 0) is 71.2 Å². The number of aryl methyl sites for hydroxylation is 3. The maximum atomic E-state index is 3.57. The number of hydrogen-bond donors (Lipinski definition) is 1. The van der Waals surface area contributed by atoms with Gasteiger partial charge in [-0.15, -0.1) is 0 Å². The molecule has 1 aromatic rings. The van der Waals surface area contributed by atoms with Crippen LogP contribution in [0.15, 0.2) is 12.1 Å². The molecule has 1 N–H and O–H groups in total. The summed E-state index contributed by atoms with van der Waals surface area (Å²) in [6.45, 7) is 12.6. The highest BCUT2D eigenvalue weighted by Gasteiger charge is 2.28. The second kappa shape index (κ2) is 6.93. The first-order chi connectivity index (χ1) is 9.93. The van der Waals surface area contributed by atoms with Crippen LogP contribution < -0.4 is 5.32 Å². The van der Waals surface area contributed by atoms with Crippen molar-refractivity contribution in [2.75, 3.05) is 13.6 Å². The number of hydrogen-bond acceptors (Lipinski definition) is 2. The highest BCUT2D eigenvalue weighted by molar-refractivity contribution is 5.39. The van der Waals surface area contributed by atoms with Gasteiger partial charge in [0.25, 0.3) is 0 Å². The molecule has 2 nitrogen and oxygen atoms in total. The van der Waals surface area contributed by atoms with Crippen molar-refractivity contribution in [1.29, 1.82) is 0 Å². The zero-order valence-electron chi connectivity index (χ0n) is 14.7. The molecule has 0 aromatic heterocycles. The van der Waals surface area contributed by atoms with E-state index >= 15 is 0 Å². The molecule has 21 heavy (non-hydrogen) atoms. The first-order valence-corrected chi connectivity index (χ1v) is 8.44. The second-order valence-corrected chi connectivity index (χ2v) is 6.98. The maximum Gasteiger partial charge on any atom is 0.0452 e. The Morgan fingerprint density at radius 1 is 1.10 bits per heavy atom. The minimum atomic E-state index is 0.425. The summed E-state index contributed by atoms with van der Waals surface area (Å²) >= 11 is 0. The van der Waals surface area contributed by atoms with Crippen LogP contribution in [0.3, 0.4) is 0 Å². The summed E-state index contributed by atoms with van der Waals surface area (Å²) in [6, 6.07) is 6.46. The third-order valence-corrected chi connectivity index (χ3v) is 5.20. The van der Waals surface area contributed by atoms with Crippen LogP contribution in [0, 0.1) is 20.8 Å². The molecule has 0 amide bonds. The third-order valence-electron chi connectivity index (χ3n) is 5.20. The van der Waals surface area contributed by atoms with E-state index in [0.29, 0.717) is 18.1 Å². The number of rotatable bonds is 4. The Kier molecular flexibility index (Phi) is 5.45. The lowest BCUT2D eigenvalue weighted by Gasteiger charge is -2.41. The van der Waals surface area contributed by atoms with Crippen LogP contribution in [0.25, 0.3) is 0 Å². The summed E-state index contributed by atoms with van der Waals surface area (Å²) in [4.78, 5) is 2.70. The minimum Gasteiger partial charge on any atom is -0.312 e. The number of likely N-dealkylation sites (N-methyl/N-ethyl adjacent to an activating group) is 1. The quantitative estimate of drug-likeness (QED) is 0.896. The van der Waals surface area contributed by atoms with Crippen molar-refractivity contribution in [1.82, 2.24) is 10.2 Å². The lowest BCUT2D eigenvalue weighted by molar-refractivity contribution is 0.0918. The lowest BCUT2D eigenvalue weighted by atomic mass is 9.91. The SMILES string of the molecule is CNC(CN1[C@H](C)CCC[C@@H]1C)c1c(C)cc(C)cc1C. The lowest BCUT2D eigenvalue weighted by Crippen LogP contribution is -2.47. The fourth-order valence-electron chi connectivity index (χ4n) is 4.11. The predicted octanol–water partition coefficient (Wildman–Crippen LogP) is 4.14. The molecule has 1 aromatic carbocycles. The molecular weight excluding hydrogens is 256 g/mol. The molecule has 0 bridgehead atoms. The number of nitrogens with one attached hydrogen (secondary N) is 1. The van der Waals surface area contributed by atoms with E-state index in [0.717, 1.165) is 6.54 Å². The molecule has 1 heterocycles. The molecule has 118 valence electrons. The molecule has 3 atom stereocenters. The van der Waals surface area contributed by atoms with Gasteiger partial charge in [-0.2, -0.15) is 0 Å². The van der Waals surface area contributed by atoms with E-state index < -0.39 is 0 Å². The van der Waals surface area contributed by atoms with Crippen LogP contribution in [-0.2, 0) is 0 Å². The number of piperidine rings is 1. The van der Waals surface area contributed by atoms with Crippen molar-refractivity contribution < 1.29 is 0 Å². The normalized spacial score (nSPS) is 25.0. The van der Waals surface area contributed by atoms with Crippen molar-refractivity contribution in [3.8, 4) is 0 Å². The van der Waals surface area contributed by atoms with Crippen molar-refractivity contribution in [2.45, 2.75) is 72.0 Å². The molecule has 0 aliphatic carbocycles. The van der Waals surface area contributed by atoms with Gasteiger partial charge in [0.1, 0.15) is 0 Å². The van der Waals surface area contributed by atoms with Crippen molar-refractivity contribution >= 4 is 0 Å². The number of likely N-dealkylation sites (tertiary alicyclic amines) is 1. The Bertz CT molecular complexity index is 447. The standard InChI is InChI=1S/C19H32N2/c1-13-10-14(2)19(15(3)11-13)18(20-6)12-21-16(4)8-7-9-17(21)5/h10-11,16-18,20H,7-9,12H2,1-6H3/t16-,17+,18?. The van der Waals surface area contributed by atoms with E-state index in [1.54, 1.807) is 0 Å². The zero-order chi connectivity index (χ0) is 15.6. The van der Waals surface area contributed by atoms with Gasteiger partial charge in [-0.3, -0.25) is 4.90 Å². The van der Waals surface area contributed by atoms with E-state index in [2.05, 4.69) is 64.0 Å². The molecular formula is C19H32N2. The topological polar surface area (TPSA) is 15.3 Å². The molecule has 0 spiro atoms. The average Bonchev–Trinajstić information content (AvgIpc) is 2.39. The van der Waals surface area contributed by atoms with Gasteiger partial charge in [0, 0.05) is 24.7 Å². The Balaban J connectivity index is 2.24. The largest absolute Gasteiger partial charge is 0.312 e. The summed E-state index contributed by atoms with van der Waals surface area (Å²) in [7, 11) is 2.10. The molecule has 0 saturated carbocycles. The third kappa shape index (κ3) is 3.67. The highest BCUT2D eigenvalue weighted by Crippen LogP contribution is 2.28. The first kappa shape index (κ1) is 16.5. The van der Waals surface area contributed by atoms with Crippen LogP contribution in [0.2, 0.25) is 0 Å². The summed E-state index contributed by atoms with van der Waals surface area (Å²) in [6.07, 6.45) is 4.06. The number of nitrogens with zero attached hydrogens (tertiary/aromatic N) is 1. The van der Waals surface area contributed by atoms with Gasteiger partial charge in [0.05, 0.1) is 0 Å². The fourth-order valence-corrected chi connectivity index (χ4v) is 4.11. The van der Waals surface area contributed by atoms with E-state index in [9.17, 15) is 0 Å². The molecule has 2 rings (SSSR count). The van der Waals surface area contributed by atoms with Crippen molar-refractivity contribution in [3.05, 3.63) is 34.4 Å². The average molecular weight is 288 g/mol. The smallest absolute Gasteiger partial charge is 0.0452 e. The van der Waals surface area contributed by atoms with Crippen molar-refractivity contribution in [2.24, 2.45) is 0 Å². The molecule has 1 aliphatic heterocycles. The van der Waals surface area contributed by atoms with Gasteiger partial charge < -0.3 is 5.32 Å². The molecule has 0 radical (unpaired) electrons. The molecule has 1 aliphatic rings. The summed E-state index contributed by atoms with van der Waals surface area (Å²) in [5, 5.41) is 3.57. The van der Waals surface area contributed by atoms with Gasteiger partial charge in [0.2, 0.25) is 0 Å². The summed E-state index contributed by atoms with van der Waals surface area (Å²) < 4.78 is 0. The van der Waals surface area contributed by atoms with E-state index in [4.69, 9.17) is 0 Å². The van der Waals surface area contributed by atoms with Crippen LogP contribution >= 0.6 is 0 Å². The monoisotopic (exact) mass is 288 g/mol. The van der Waals surface area contributed by atoms with E-state index in [-0.39, 0.29) is 0 Å². The Morgan fingerprint density at radius 3 is 2.10 bits per heavy atom. The zero-order valence-corrected chi connectivity index (χ0v) is 14.7. The first-order valence-electron chi connectivity index (χ1n) is 8.44.